The van der Waals surface area contributed by atoms with Crippen LogP contribution in [0.4, 0.5) is 0 Å². The number of carbonyl (C=O) groups is 1. The lowest BCUT2D eigenvalue weighted by molar-refractivity contribution is 0.0696. The summed E-state index contributed by atoms with van der Waals surface area (Å²) in [7, 11) is -3.85. The Kier molecular flexibility index (Phi) is 4.70. The van der Waals surface area contributed by atoms with Crippen LogP contribution in [0.15, 0.2) is 38.5 Å². The Labute approximate surface area is 128 Å². The van der Waals surface area contributed by atoms with Gasteiger partial charge in [-0.25, -0.2) is 17.9 Å². The van der Waals surface area contributed by atoms with Crippen LogP contribution in [-0.2, 0) is 16.4 Å². The van der Waals surface area contributed by atoms with E-state index in [9.17, 15) is 13.2 Å². The number of carboxylic acid groups (broad SMARTS) is 1. The van der Waals surface area contributed by atoms with E-state index in [1.165, 1.54) is 12.1 Å². The molecule has 0 spiro atoms. The van der Waals surface area contributed by atoms with Crippen molar-refractivity contribution in [3.8, 4) is 0 Å². The van der Waals surface area contributed by atoms with Crippen molar-refractivity contribution < 1.29 is 22.8 Å². The van der Waals surface area contributed by atoms with Gasteiger partial charge in [-0.3, -0.25) is 0 Å². The van der Waals surface area contributed by atoms with Crippen LogP contribution in [-0.4, -0.2) is 36.2 Å². The lowest BCUT2D eigenvalue weighted by Gasteiger charge is -2.08. The molecule has 2 N–H and O–H groups in total. The van der Waals surface area contributed by atoms with E-state index in [-0.39, 0.29) is 27.9 Å². The smallest absolute Gasteiger partial charge is 0.335 e. The minimum Gasteiger partial charge on any atom is -0.478 e. The maximum absolute atomic E-state index is 12.2. The van der Waals surface area contributed by atoms with Crippen LogP contribution in [0.2, 0.25) is 0 Å². The SMILES string of the molecule is O=C(O)c1ccc(Br)c(S(=O)(=O)NCCc2ncon2)c1. The summed E-state index contributed by atoms with van der Waals surface area (Å²) < 4.78 is 31.5. The second kappa shape index (κ2) is 6.33. The Morgan fingerprint density at radius 3 is 2.81 bits per heavy atom. The predicted octanol–water partition coefficient (Wildman–Crippen LogP) is 1.05. The first kappa shape index (κ1) is 15.6. The molecule has 0 aliphatic rings. The maximum Gasteiger partial charge on any atom is 0.335 e. The minimum atomic E-state index is -3.85. The van der Waals surface area contributed by atoms with E-state index < -0.39 is 16.0 Å². The second-order valence-corrected chi connectivity index (χ2v) is 6.54. The van der Waals surface area contributed by atoms with Crippen molar-refractivity contribution in [3.63, 3.8) is 0 Å². The predicted molar refractivity (Wildman–Crippen MR) is 74.3 cm³/mol. The summed E-state index contributed by atoms with van der Waals surface area (Å²) in [4.78, 5) is 14.5. The molecule has 21 heavy (non-hydrogen) atoms. The number of aromatic nitrogens is 2. The van der Waals surface area contributed by atoms with Gasteiger partial charge in [-0.05, 0) is 34.1 Å². The van der Waals surface area contributed by atoms with E-state index in [2.05, 4.69) is 35.3 Å². The number of aromatic carboxylic acids is 1. The van der Waals surface area contributed by atoms with E-state index in [1.807, 2.05) is 0 Å². The van der Waals surface area contributed by atoms with E-state index in [0.717, 1.165) is 12.5 Å². The van der Waals surface area contributed by atoms with E-state index in [0.29, 0.717) is 5.82 Å². The van der Waals surface area contributed by atoms with Gasteiger partial charge in [0.05, 0.1) is 10.5 Å². The number of sulfonamides is 1. The van der Waals surface area contributed by atoms with Gasteiger partial charge >= 0.3 is 5.97 Å². The van der Waals surface area contributed by atoms with Gasteiger partial charge in [-0.15, -0.1) is 0 Å². The molecule has 112 valence electrons. The van der Waals surface area contributed by atoms with Crippen molar-refractivity contribution >= 4 is 31.9 Å². The number of nitrogens with one attached hydrogen (secondary N) is 1. The number of rotatable bonds is 6. The lowest BCUT2D eigenvalue weighted by Crippen LogP contribution is -2.26. The van der Waals surface area contributed by atoms with Crippen LogP contribution in [0, 0.1) is 0 Å². The molecular formula is C11H10BrN3O5S. The van der Waals surface area contributed by atoms with Gasteiger partial charge in [0.15, 0.2) is 5.82 Å². The highest BCUT2D eigenvalue weighted by Gasteiger charge is 2.19. The number of benzene rings is 1. The van der Waals surface area contributed by atoms with Crippen LogP contribution in [0.1, 0.15) is 16.2 Å². The Morgan fingerprint density at radius 2 is 2.19 bits per heavy atom. The van der Waals surface area contributed by atoms with Gasteiger partial charge in [-0.1, -0.05) is 5.16 Å². The molecule has 2 rings (SSSR count). The van der Waals surface area contributed by atoms with E-state index >= 15 is 0 Å². The van der Waals surface area contributed by atoms with Gasteiger partial charge in [-0.2, -0.15) is 4.98 Å². The van der Waals surface area contributed by atoms with Gasteiger partial charge in [0.2, 0.25) is 16.4 Å². The van der Waals surface area contributed by atoms with Crippen LogP contribution in [0.5, 0.6) is 0 Å². The average molecular weight is 376 g/mol. The van der Waals surface area contributed by atoms with Crippen LogP contribution < -0.4 is 4.72 Å². The molecule has 0 saturated carbocycles. The normalized spacial score (nSPS) is 11.5. The van der Waals surface area contributed by atoms with Crippen molar-refractivity contribution in [3.05, 3.63) is 40.5 Å². The monoisotopic (exact) mass is 375 g/mol. The summed E-state index contributed by atoms with van der Waals surface area (Å²) in [5.74, 6) is -0.832. The van der Waals surface area contributed by atoms with Crippen molar-refractivity contribution in [2.75, 3.05) is 6.54 Å². The summed E-state index contributed by atoms with van der Waals surface area (Å²) in [6.07, 6.45) is 1.41. The van der Waals surface area contributed by atoms with Gasteiger partial charge < -0.3 is 9.63 Å². The molecule has 1 heterocycles. The molecule has 0 fully saturated rings. The summed E-state index contributed by atoms with van der Waals surface area (Å²) >= 11 is 3.09. The third kappa shape index (κ3) is 3.86. The molecule has 1 aromatic heterocycles. The van der Waals surface area contributed by atoms with Gasteiger partial charge in [0.1, 0.15) is 0 Å². The Hall–Kier alpha value is -1.78. The fourth-order valence-electron chi connectivity index (χ4n) is 1.52. The zero-order chi connectivity index (χ0) is 15.5. The quantitative estimate of drug-likeness (QED) is 0.773. The lowest BCUT2D eigenvalue weighted by atomic mass is 10.2. The Bertz CT molecular complexity index is 745. The molecule has 0 bridgehead atoms. The molecule has 0 aliphatic heterocycles. The largest absolute Gasteiger partial charge is 0.478 e. The Balaban J connectivity index is 2.15. The topological polar surface area (TPSA) is 122 Å². The van der Waals surface area contributed by atoms with E-state index in [1.54, 1.807) is 0 Å². The third-order valence-electron chi connectivity index (χ3n) is 2.52. The second-order valence-electron chi connectivity index (χ2n) is 3.95. The van der Waals surface area contributed by atoms with Crippen LogP contribution in [0.25, 0.3) is 0 Å². The van der Waals surface area contributed by atoms with Crippen molar-refractivity contribution in [1.82, 2.24) is 14.9 Å². The number of nitrogens with zero attached hydrogens (tertiary/aromatic N) is 2. The first-order chi connectivity index (χ1) is 9.90. The molecule has 0 radical (unpaired) electrons. The van der Waals surface area contributed by atoms with E-state index in [4.69, 9.17) is 5.11 Å². The number of halogens is 1. The maximum atomic E-state index is 12.2. The van der Waals surface area contributed by atoms with Crippen LogP contribution in [0.3, 0.4) is 0 Å². The first-order valence-electron chi connectivity index (χ1n) is 5.68. The van der Waals surface area contributed by atoms with Gasteiger partial charge in [0, 0.05) is 17.4 Å². The van der Waals surface area contributed by atoms with Gasteiger partial charge in [0.25, 0.3) is 0 Å². The fourth-order valence-corrected chi connectivity index (χ4v) is 3.54. The standard InChI is InChI=1S/C11H10BrN3O5S/c12-8-2-1-7(11(16)17)5-9(8)21(18,19)14-4-3-10-13-6-20-15-10/h1-2,5-6,14H,3-4H2,(H,16,17). The zero-order valence-corrected chi connectivity index (χ0v) is 12.9. The number of hydrogen-bond acceptors (Lipinski definition) is 6. The molecule has 0 amide bonds. The number of carboxylic acids is 1. The first-order valence-corrected chi connectivity index (χ1v) is 7.95. The molecule has 0 saturated heterocycles. The molecule has 2 aromatic rings. The molecule has 8 nitrogen and oxygen atoms in total. The molecule has 0 atom stereocenters. The summed E-state index contributed by atoms with van der Waals surface area (Å²) in [5, 5.41) is 12.5. The number of hydrogen-bond donors (Lipinski definition) is 2. The molecule has 1 aromatic carbocycles. The molecular weight excluding hydrogens is 366 g/mol. The van der Waals surface area contributed by atoms with Crippen LogP contribution >= 0.6 is 15.9 Å². The minimum absolute atomic E-state index is 0.0611. The highest BCUT2D eigenvalue weighted by atomic mass is 79.9. The highest BCUT2D eigenvalue weighted by molar-refractivity contribution is 9.10. The van der Waals surface area contributed by atoms with Crippen molar-refractivity contribution in [2.24, 2.45) is 0 Å². The Morgan fingerprint density at radius 1 is 1.43 bits per heavy atom. The third-order valence-corrected chi connectivity index (χ3v) is 4.97. The fraction of sp³-hybridized carbons (Fsp3) is 0.182. The summed E-state index contributed by atoms with van der Waals surface area (Å²) in [5.41, 5.74) is -0.114. The average Bonchev–Trinajstić information content (AvgIpc) is 2.91. The summed E-state index contributed by atoms with van der Waals surface area (Å²) in [6.45, 7) is 0.0611. The molecule has 0 unspecified atom stereocenters. The van der Waals surface area contributed by atoms with Crippen molar-refractivity contribution in [1.29, 1.82) is 0 Å². The zero-order valence-electron chi connectivity index (χ0n) is 10.5. The summed E-state index contributed by atoms with van der Waals surface area (Å²) in [6, 6.07) is 3.77. The molecule has 0 aliphatic carbocycles. The van der Waals surface area contributed by atoms with Crippen molar-refractivity contribution in [2.45, 2.75) is 11.3 Å². The molecule has 10 heteroatoms. The highest BCUT2D eigenvalue weighted by Crippen LogP contribution is 2.23.